The minimum Gasteiger partial charge on any atom is -0.454 e. The molecule has 0 saturated carbocycles. The molecule has 0 spiro atoms. The quantitative estimate of drug-likeness (QED) is 0.884. The first-order chi connectivity index (χ1) is 9.13. The summed E-state index contributed by atoms with van der Waals surface area (Å²) in [6, 6.07) is 12.2. The Balaban J connectivity index is 2.36. The predicted octanol–water partition coefficient (Wildman–Crippen LogP) is 4.37. The third-order valence-corrected chi connectivity index (χ3v) is 3.04. The fraction of sp³-hybridized carbons (Fsp3) is 0.250. The molecule has 0 saturated heterocycles. The first kappa shape index (κ1) is 13.6. The van der Waals surface area contributed by atoms with Crippen LogP contribution in [0.1, 0.15) is 30.6 Å². The lowest BCUT2D eigenvalue weighted by molar-refractivity contribution is 0.170. The van der Waals surface area contributed by atoms with E-state index in [2.05, 4.69) is 0 Å². The molecule has 2 rings (SSSR count). The second-order valence-corrected chi connectivity index (χ2v) is 4.45. The highest BCUT2D eigenvalue weighted by Gasteiger charge is 2.14. The summed E-state index contributed by atoms with van der Waals surface area (Å²) in [6.45, 7) is 3.57. The number of halogens is 1. The second kappa shape index (κ2) is 5.85. The number of hydrogen-bond acceptors (Lipinski definition) is 2. The highest BCUT2D eigenvalue weighted by Crippen LogP contribution is 2.32. The summed E-state index contributed by atoms with van der Waals surface area (Å²) in [4.78, 5) is 0. The Hall–Kier alpha value is -1.87. The van der Waals surface area contributed by atoms with Crippen LogP contribution < -0.4 is 4.74 Å². The summed E-state index contributed by atoms with van der Waals surface area (Å²) >= 11 is 0. The van der Waals surface area contributed by atoms with Crippen molar-refractivity contribution in [3.05, 3.63) is 59.4 Å². The molecule has 1 atom stereocenters. The number of benzene rings is 2. The second-order valence-electron chi connectivity index (χ2n) is 4.45. The van der Waals surface area contributed by atoms with Crippen molar-refractivity contribution >= 4 is 0 Å². The highest BCUT2D eigenvalue weighted by atomic mass is 19.1. The van der Waals surface area contributed by atoms with Gasteiger partial charge in [0.1, 0.15) is 5.75 Å². The van der Waals surface area contributed by atoms with Crippen LogP contribution in [0.15, 0.2) is 42.5 Å². The maximum absolute atomic E-state index is 13.9. The van der Waals surface area contributed by atoms with Gasteiger partial charge in [0.15, 0.2) is 11.6 Å². The molecule has 0 fully saturated rings. The zero-order valence-electron chi connectivity index (χ0n) is 11.1. The monoisotopic (exact) mass is 260 g/mol. The summed E-state index contributed by atoms with van der Waals surface area (Å²) < 4.78 is 19.5. The van der Waals surface area contributed by atoms with E-state index in [1.165, 1.54) is 0 Å². The van der Waals surface area contributed by atoms with Crippen LogP contribution in [0, 0.1) is 12.7 Å². The van der Waals surface area contributed by atoms with Crippen LogP contribution in [0.3, 0.4) is 0 Å². The molecule has 0 aliphatic carbocycles. The average molecular weight is 260 g/mol. The van der Waals surface area contributed by atoms with Gasteiger partial charge in [-0.25, -0.2) is 4.39 Å². The van der Waals surface area contributed by atoms with Gasteiger partial charge in [-0.2, -0.15) is 0 Å². The van der Waals surface area contributed by atoms with Gasteiger partial charge in [0.2, 0.25) is 0 Å². The third kappa shape index (κ3) is 2.93. The van der Waals surface area contributed by atoms with E-state index in [1.54, 1.807) is 43.3 Å². The molecule has 1 unspecified atom stereocenters. The minimum atomic E-state index is -0.607. The molecule has 0 heterocycles. The smallest absolute Gasteiger partial charge is 0.168 e. The molecule has 2 aromatic carbocycles. The van der Waals surface area contributed by atoms with E-state index in [0.29, 0.717) is 23.3 Å². The Morgan fingerprint density at radius 2 is 1.79 bits per heavy atom. The fourth-order valence-electron chi connectivity index (χ4n) is 1.89. The molecule has 0 amide bonds. The molecular weight excluding hydrogens is 243 g/mol. The zero-order valence-corrected chi connectivity index (χ0v) is 11.1. The van der Waals surface area contributed by atoms with E-state index in [4.69, 9.17) is 4.74 Å². The topological polar surface area (TPSA) is 29.5 Å². The SMILES string of the molecule is CCC(O)c1ccccc1Oc1cccc(C)c1F. The number of hydrogen-bond donors (Lipinski definition) is 1. The van der Waals surface area contributed by atoms with Gasteiger partial charge in [0.25, 0.3) is 0 Å². The van der Waals surface area contributed by atoms with Crippen LogP contribution in [-0.4, -0.2) is 5.11 Å². The van der Waals surface area contributed by atoms with Crippen molar-refractivity contribution < 1.29 is 14.2 Å². The van der Waals surface area contributed by atoms with Crippen molar-refractivity contribution in [3.8, 4) is 11.5 Å². The fourth-order valence-corrected chi connectivity index (χ4v) is 1.89. The summed E-state index contributed by atoms with van der Waals surface area (Å²) in [6.07, 6.45) is -0.0273. The summed E-state index contributed by atoms with van der Waals surface area (Å²) in [7, 11) is 0. The van der Waals surface area contributed by atoms with Crippen molar-refractivity contribution in [3.63, 3.8) is 0 Å². The van der Waals surface area contributed by atoms with Crippen molar-refractivity contribution in [2.24, 2.45) is 0 Å². The molecular formula is C16H17FO2. The van der Waals surface area contributed by atoms with E-state index in [0.717, 1.165) is 0 Å². The first-order valence-corrected chi connectivity index (χ1v) is 6.33. The highest BCUT2D eigenvalue weighted by molar-refractivity contribution is 5.40. The van der Waals surface area contributed by atoms with E-state index >= 15 is 0 Å². The van der Waals surface area contributed by atoms with Crippen molar-refractivity contribution in [2.45, 2.75) is 26.4 Å². The van der Waals surface area contributed by atoms with E-state index < -0.39 is 6.10 Å². The molecule has 1 N–H and O–H groups in total. The number of aryl methyl sites for hydroxylation is 1. The van der Waals surface area contributed by atoms with Crippen LogP contribution in [0.5, 0.6) is 11.5 Å². The third-order valence-electron chi connectivity index (χ3n) is 3.04. The Morgan fingerprint density at radius 3 is 2.53 bits per heavy atom. The lowest BCUT2D eigenvalue weighted by Crippen LogP contribution is -1.99. The van der Waals surface area contributed by atoms with E-state index in [1.807, 2.05) is 13.0 Å². The van der Waals surface area contributed by atoms with Crippen molar-refractivity contribution in [2.75, 3.05) is 0 Å². The molecule has 0 bridgehead atoms. The molecule has 2 nitrogen and oxygen atoms in total. The maximum atomic E-state index is 13.9. The van der Waals surface area contributed by atoms with Crippen LogP contribution >= 0.6 is 0 Å². The molecule has 19 heavy (non-hydrogen) atoms. The van der Waals surface area contributed by atoms with Gasteiger partial charge >= 0.3 is 0 Å². The number of ether oxygens (including phenoxy) is 1. The predicted molar refractivity (Wildman–Crippen MR) is 72.9 cm³/mol. The normalized spacial score (nSPS) is 12.2. The standard InChI is InChI=1S/C16H17FO2/c1-3-13(18)12-8-4-5-9-14(12)19-15-10-6-7-11(2)16(15)17/h4-10,13,18H,3H2,1-2H3. The number of rotatable bonds is 4. The lowest BCUT2D eigenvalue weighted by Gasteiger charge is -2.15. The van der Waals surface area contributed by atoms with Crippen LogP contribution in [0.2, 0.25) is 0 Å². The summed E-state index contributed by atoms with van der Waals surface area (Å²) in [5.41, 5.74) is 1.21. The first-order valence-electron chi connectivity index (χ1n) is 6.33. The number of aliphatic hydroxyl groups is 1. The van der Waals surface area contributed by atoms with Gasteiger partial charge in [-0.05, 0) is 31.0 Å². The van der Waals surface area contributed by atoms with Gasteiger partial charge < -0.3 is 9.84 Å². The number of aliphatic hydroxyl groups excluding tert-OH is 1. The summed E-state index contributed by atoms with van der Waals surface area (Å²) in [5.74, 6) is 0.292. The maximum Gasteiger partial charge on any atom is 0.168 e. The molecule has 0 aromatic heterocycles. The van der Waals surface area contributed by atoms with E-state index in [9.17, 15) is 9.50 Å². The van der Waals surface area contributed by atoms with Crippen LogP contribution in [0.4, 0.5) is 4.39 Å². The molecule has 0 aliphatic rings. The lowest BCUT2D eigenvalue weighted by atomic mass is 10.1. The van der Waals surface area contributed by atoms with Gasteiger partial charge in [0, 0.05) is 5.56 Å². The van der Waals surface area contributed by atoms with Crippen LogP contribution in [0.25, 0.3) is 0 Å². The molecule has 0 aliphatic heterocycles. The Bertz CT molecular complexity index is 566. The van der Waals surface area contributed by atoms with Crippen LogP contribution in [-0.2, 0) is 0 Å². The van der Waals surface area contributed by atoms with Gasteiger partial charge in [-0.3, -0.25) is 0 Å². The van der Waals surface area contributed by atoms with Gasteiger partial charge in [-0.1, -0.05) is 37.3 Å². The Kier molecular flexibility index (Phi) is 4.17. The Labute approximate surface area is 112 Å². The zero-order chi connectivity index (χ0) is 13.8. The molecule has 0 radical (unpaired) electrons. The van der Waals surface area contributed by atoms with E-state index in [-0.39, 0.29) is 11.6 Å². The Morgan fingerprint density at radius 1 is 1.11 bits per heavy atom. The minimum absolute atomic E-state index is 0.177. The average Bonchev–Trinajstić information content (AvgIpc) is 2.43. The molecule has 2 aromatic rings. The van der Waals surface area contributed by atoms with Gasteiger partial charge in [-0.15, -0.1) is 0 Å². The summed E-state index contributed by atoms with van der Waals surface area (Å²) in [5, 5.41) is 9.94. The number of para-hydroxylation sites is 1. The largest absolute Gasteiger partial charge is 0.454 e. The van der Waals surface area contributed by atoms with Gasteiger partial charge in [0.05, 0.1) is 6.10 Å². The van der Waals surface area contributed by atoms with Crippen molar-refractivity contribution in [1.29, 1.82) is 0 Å². The van der Waals surface area contributed by atoms with Crippen molar-refractivity contribution in [1.82, 2.24) is 0 Å². The molecule has 3 heteroatoms. The molecule has 100 valence electrons.